The summed E-state index contributed by atoms with van der Waals surface area (Å²) in [4.78, 5) is 8.55. The molecular weight excluding hydrogens is 224 g/mol. The second-order valence-corrected chi connectivity index (χ2v) is 4.12. The Morgan fingerprint density at radius 2 is 2.44 bits per heavy atom. The zero-order valence-electron chi connectivity index (χ0n) is 8.84. The topological polar surface area (TPSA) is 81.1 Å². The van der Waals surface area contributed by atoms with E-state index in [1.807, 2.05) is 13.0 Å². The van der Waals surface area contributed by atoms with Crippen molar-refractivity contribution >= 4 is 23.4 Å². The number of fused-ring (bicyclic) bond motifs is 1. The number of thioether (sulfide) groups is 1. The first-order chi connectivity index (χ1) is 7.74. The number of hydrazine groups is 1. The van der Waals surface area contributed by atoms with Crippen LogP contribution in [-0.2, 0) is 0 Å². The molecule has 6 nitrogen and oxygen atoms in total. The van der Waals surface area contributed by atoms with Gasteiger partial charge in [0.05, 0.1) is 0 Å². The van der Waals surface area contributed by atoms with Gasteiger partial charge in [0.25, 0.3) is 5.78 Å². The van der Waals surface area contributed by atoms with Crippen LogP contribution >= 0.6 is 11.8 Å². The standard InChI is InChI=1S/C9H12N6S/c1-3-4-16-9-12-8-11-6(2)5-7(13-10)15(8)14-9/h3,5,13H,1,4,10H2,2H3. The van der Waals surface area contributed by atoms with E-state index in [0.717, 1.165) is 11.4 Å². The molecule has 0 aromatic carbocycles. The molecule has 84 valence electrons. The zero-order chi connectivity index (χ0) is 11.5. The molecule has 0 bridgehead atoms. The molecule has 3 N–H and O–H groups in total. The lowest BCUT2D eigenvalue weighted by molar-refractivity contribution is 0.876. The fourth-order valence-corrected chi connectivity index (χ4v) is 1.82. The van der Waals surface area contributed by atoms with Crippen molar-refractivity contribution in [3.8, 4) is 0 Å². The Hall–Kier alpha value is -1.60. The number of nitrogen functional groups attached to an aromatic ring is 1. The summed E-state index contributed by atoms with van der Waals surface area (Å²) in [6, 6.07) is 1.81. The van der Waals surface area contributed by atoms with Crippen molar-refractivity contribution in [3.05, 3.63) is 24.4 Å². The van der Waals surface area contributed by atoms with E-state index in [4.69, 9.17) is 5.84 Å². The number of hydrogen-bond donors (Lipinski definition) is 2. The Kier molecular flexibility index (Phi) is 3.07. The van der Waals surface area contributed by atoms with Gasteiger partial charge in [-0.25, -0.2) is 10.8 Å². The maximum atomic E-state index is 5.40. The van der Waals surface area contributed by atoms with Crippen LogP contribution < -0.4 is 11.3 Å². The van der Waals surface area contributed by atoms with Crippen molar-refractivity contribution in [1.29, 1.82) is 0 Å². The lowest BCUT2D eigenvalue weighted by atomic mass is 10.4. The molecule has 0 atom stereocenters. The monoisotopic (exact) mass is 236 g/mol. The molecule has 16 heavy (non-hydrogen) atoms. The van der Waals surface area contributed by atoms with Gasteiger partial charge in [0.15, 0.2) is 0 Å². The van der Waals surface area contributed by atoms with Gasteiger partial charge in [-0.15, -0.1) is 11.7 Å². The molecule has 0 saturated heterocycles. The van der Waals surface area contributed by atoms with Crippen molar-refractivity contribution in [2.45, 2.75) is 12.1 Å². The number of anilines is 1. The van der Waals surface area contributed by atoms with Crippen LogP contribution in [0.25, 0.3) is 5.78 Å². The van der Waals surface area contributed by atoms with Gasteiger partial charge in [-0.2, -0.15) is 9.50 Å². The smallest absolute Gasteiger partial charge is 0.255 e. The summed E-state index contributed by atoms with van der Waals surface area (Å²) < 4.78 is 1.58. The molecule has 2 heterocycles. The van der Waals surface area contributed by atoms with Crippen molar-refractivity contribution in [1.82, 2.24) is 19.6 Å². The minimum atomic E-state index is 0.541. The minimum Gasteiger partial charge on any atom is -0.308 e. The van der Waals surface area contributed by atoms with Gasteiger partial charge in [0, 0.05) is 17.5 Å². The fraction of sp³-hybridized carbons (Fsp3) is 0.222. The lowest BCUT2D eigenvalue weighted by Crippen LogP contribution is -2.12. The second-order valence-electron chi connectivity index (χ2n) is 3.13. The average molecular weight is 236 g/mol. The van der Waals surface area contributed by atoms with Crippen LogP contribution in [0.4, 0.5) is 5.82 Å². The number of aromatic nitrogens is 4. The van der Waals surface area contributed by atoms with E-state index in [9.17, 15) is 0 Å². The van der Waals surface area contributed by atoms with E-state index in [2.05, 4.69) is 27.1 Å². The number of nitrogens with two attached hydrogens (primary N) is 1. The number of aryl methyl sites for hydroxylation is 1. The lowest BCUT2D eigenvalue weighted by Gasteiger charge is -2.02. The van der Waals surface area contributed by atoms with Crippen LogP contribution in [0.2, 0.25) is 0 Å². The van der Waals surface area contributed by atoms with Crippen molar-refractivity contribution < 1.29 is 0 Å². The highest BCUT2D eigenvalue weighted by Gasteiger charge is 2.08. The van der Waals surface area contributed by atoms with E-state index in [1.54, 1.807) is 10.6 Å². The summed E-state index contributed by atoms with van der Waals surface area (Å²) in [5.41, 5.74) is 3.41. The summed E-state index contributed by atoms with van der Waals surface area (Å²) >= 11 is 1.50. The fourth-order valence-electron chi connectivity index (χ4n) is 1.27. The summed E-state index contributed by atoms with van der Waals surface area (Å²) in [7, 11) is 0. The van der Waals surface area contributed by atoms with E-state index in [0.29, 0.717) is 16.8 Å². The van der Waals surface area contributed by atoms with E-state index < -0.39 is 0 Å². The van der Waals surface area contributed by atoms with Gasteiger partial charge in [0.1, 0.15) is 5.82 Å². The first-order valence-corrected chi connectivity index (χ1v) is 5.68. The largest absolute Gasteiger partial charge is 0.308 e. The molecule has 0 aliphatic rings. The quantitative estimate of drug-likeness (QED) is 0.357. The Balaban J connectivity index is 2.47. The van der Waals surface area contributed by atoms with Gasteiger partial charge in [0.2, 0.25) is 5.16 Å². The Labute approximate surface area is 96.9 Å². The van der Waals surface area contributed by atoms with Crippen molar-refractivity contribution in [2.24, 2.45) is 5.84 Å². The summed E-state index contributed by atoms with van der Waals surface area (Å²) in [6.07, 6.45) is 1.80. The van der Waals surface area contributed by atoms with Crippen LogP contribution in [-0.4, -0.2) is 25.3 Å². The first-order valence-electron chi connectivity index (χ1n) is 4.69. The molecule has 2 aromatic rings. The Morgan fingerprint density at radius 1 is 1.62 bits per heavy atom. The maximum Gasteiger partial charge on any atom is 0.255 e. The van der Waals surface area contributed by atoms with Gasteiger partial charge in [-0.1, -0.05) is 17.8 Å². The van der Waals surface area contributed by atoms with Crippen LogP contribution in [0.15, 0.2) is 23.9 Å². The highest BCUT2D eigenvalue weighted by atomic mass is 32.2. The van der Waals surface area contributed by atoms with E-state index >= 15 is 0 Å². The average Bonchev–Trinajstić information content (AvgIpc) is 2.67. The second kappa shape index (κ2) is 4.50. The third kappa shape index (κ3) is 2.00. The number of rotatable bonds is 4. The molecule has 0 radical (unpaired) electrons. The van der Waals surface area contributed by atoms with Crippen molar-refractivity contribution in [3.63, 3.8) is 0 Å². The van der Waals surface area contributed by atoms with E-state index in [1.165, 1.54) is 11.8 Å². The van der Waals surface area contributed by atoms with Gasteiger partial charge < -0.3 is 5.43 Å². The third-order valence-electron chi connectivity index (χ3n) is 1.90. The highest BCUT2D eigenvalue weighted by Crippen LogP contribution is 2.16. The summed E-state index contributed by atoms with van der Waals surface area (Å²) in [5.74, 6) is 7.38. The van der Waals surface area contributed by atoms with Crippen molar-refractivity contribution in [2.75, 3.05) is 11.2 Å². The predicted molar refractivity (Wildman–Crippen MR) is 64.3 cm³/mol. The molecule has 2 aromatic heterocycles. The minimum absolute atomic E-state index is 0.541. The normalized spacial score (nSPS) is 10.6. The molecule has 0 aliphatic heterocycles. The summed E-state index contributed by atoms with van der Waals surface area (Å²) in [6.45, 7) is 5.53. The third-order valence-corrected chi connectivity index (χ3v) is 2.73. The van der Waals surface area contributed by atoms with Crippen LogP contribution in [0.3, 0.4) is 0 Å². The molecule has 7 heteroatoms. The maximum absolute atomic E-state index is 5.40. The number of nitrogens with one attached hydrogen (secondary N) is 1. The molecule has 0 fully saturated rings. The SMILES string of the molecule is C=CCSc1nc2nc(C)cc(NN)n2n1. The molecule has 2 rings (SSSR count). The zero-order valence-corrected chi connectivity index (χ0v) is 9.66. The molecule has 0 spiro atoms. The Bertz CT molecular complexity index is 520. The highest BCUT2D eigenvalue weighted by molar-refractivity contribution is 7.99. The Morgan fingerprint density at radius 3 is 3.12 bits per heavy atom. The molecule has 0 unspecified atom stereocenters. The van der Waals surface area contributed by atoms with Gasteiger partial charge >= 0.3 is 0 Å². The summed E-state index contributed by atoms with van der Waals surface area (Å²) in [5, 5.41) is 4.94. The van der Waals surface area contributed by atoms with Crippen LogP contribution in [0, 0.1) is 6.92 Å². The number of hydrogen-bond acceptors (Lipinski definition) is 6. The molecular formula is C9H12N6S. The predicted octanol–water partition coefficient (Wildman–Crippen LogP) is 0.996. The first kappa shape index (κ1) is 10.9. The van der Waals surface area contributed by atoms with E-state index in [-0.39, 0.29) is 0 Å². The molecule has 0 amide bonds. The van der Waals surface area contributed by atoms with Crippen LogP contribution in [0.5, 0.6) is 0 Å². The van der Waals surface area contributed by atoms with Gasteiger partial charge in [-0.05, 0) is 6.92 Å². The molecule has 0 aliphatic carbocycles. The van der Waals surface area contributed by atoms with Gasteiger partial charge in [-0.3, -0.25) is 0 Å². The number of nitrogens with zero attached hydrogens (tertiary/aromatic N) is 4. The van der Waals surface area contributed by atoms with Crippen LogP contribution in [0.1, 0.15) is 5.69 Å². The molecule has 0 saturated carbocycles.